The van der Waals surface area contributed by atoms with Crippen LogP contribution in [0.25, 0.3) is 0 Å². The van der Waals surface area contributed by atoms with Crippen molar-refractivity contribution in [2.24, 2.45) is 0 Å². The fourth-order valence-corrected chi connectivity index (χ4v) is 2.65. The average molecular weight is 257 g/mol. The van der Waals surface area contributed by atoms with E-state index in [-0.39, 0.29) is 6.10 Å². The van der Waals surface area contributed by atoms with Crippen LogP contribution in [0.1, 0.15) is 38.5 Å². The largest absolute Gasteiger partial charge is 0.479 e. The molecule has 0 bridgehead atoms. The predicted molar refractivity (Wildman–Crippen MR) is 66.6 cm³/mol. The van der Waals surface area contributed by atoms with Crippen molar-refractivity contribution in [3.63, 3.8) is 0 Å². The van der Waals surface area contributed by atoms with Crippen molar-refractivity contribution in [3.8, 4) is 0 Å². The SMILES string of the molecule is O=C(O)C1CCC(CNCCOC2CCCC2)O1. The number of ether oxygens (including phenoxy) is 2. The fourth-order valence-electron chi connectivity index (χ4n) is 2.65. The summed E-state index contributed by atoms with van der Waals surface area (Å²) < 4.78 is 11.1. The van der Waals surface area contributed by atoms with Crippen LogP contribution >= 0.6 is 0 Å². The number of carbonyl (C=O) groups is 1. The van der Waals surface area contributed by atoms with E-state index in [4.69, 9.17) is 14.6 Å². The van der Waals surface area contributed by atoms with Crippen LogP contribution in [0.5, 0.6) is 0 Å². The Kier molecular flexibility index (Phi) is 5.41. The highest BCUT2D eigenvalue weighted by atomic mass is 16.5. The van der Waals surface area contributed by atoms with E-state index in [2.05, 4.69) is 5.32 Å². The maximum absolute atomic E-state index is 10.7. The van der Waals surface area contributed by atoms with Crippen LogP contribution in [0.4, 0.5) is 0 Å². The van der Waals surface area contributed by atoms with E-state index in [9.17, 15) is 4.79 Å². The Morgan fingerprint density at radius 2 is 2.06 bits per heavy atom. The number of carboxylic acid groups (broad SMARTS) is 1. The first-order valence-electron chi connectivity index (χ1n) is 6.96. The Balaban J connectivity index is 1.47. The van der Waals surface area contributed by atoms with Crippen molar-refractivity contribution < 1.29 is 19.4 Å². The van der Waals surface area contributed by atoms with Crippen LogP contribution in [0.15, 0.2) is 0 Å². The summed E-state index contributed by atoms with van der Waals surface area (Å²) in [5.41, 5.74) is 0. The Morgan fingerprint density at radius 3 is 2.72 bits per heavy atom. The van der Waals surface area contributed by atoms with Crippen LogP contribution < -0.4 is 5.32 Å². The monoisotopic (exact) mass is 257 g/mol. The van der Waals surface area contributed by atoms with E-state index >= 15 is 0 Å². The maximum Gasteiger partial charge on any atom is 0.332 e. The molecule has 2 fully saturated rings. The lowest BCUT2D eigenvalue weighted by Crippen LogP contribution is -2.31. The Hall–Kier alpha value is -0.650. The lowest BCUT2D eigenvalue weighted by Gasteiger charge is -2.14. The summed E-state index contributed by atoms with van der Waals surface area (Å²) in [4.78, 5) is 10.7. The van der Waals surface area contributed by atoms with E-state index < -0.39 is 12.1 Å². The fraction of sp³-hybridized carbons (Fsp3) is 0.923. The van der Waals surface area contributed by atoms with Crippen LogP contribution in [0.3, 0.4) is 0 Å². The number of carboxylic acids is 1. The van der Waals surface area contributed by atoms with Crippen molar-refractivity contribution in [3.05, 3.63) is 0 Å². The van der Waals surface area contributed by atoms with Gasteiger partial charge in [0, 0.05) is 13.1 Å². The van der Waals surface area contributed by atoms with Crippen LogP contribution in [0.2, 0.25) is 0 Å². The standard InChI is InChI=1S/C13H23NO4/c15-13(16)12-6-5-11(18-12)9-14-7-8-17-10-3-1-2-4-10/h10-12,14H,1-9H2,(H,15,16). The van der Waals surface area contributed by atoms with E-state index in [1.165, 1.54) is 25.7 Å². The molecule has 5 heteroatoms. The summed E-state index contributed by atoms with van der Waals surface area (Å²) in [5.74, 6) is -0.845. The van der Waals surface area contributed by atoms with Crippen molar-refractivity contribution in [2.75, 3.05) is 19.7 Å². The molecule has 2 rings (SSSR count). The van der Waals surface area contributed by atoms with Gasteiger partial charge in [-0.05, 0) is 25.7 Å². The summed E-state index contributed by atoms with van der Waals surface area (Å²) in [6.45, 7) is 2.27. The molecule has 1 saturated carbocycles. The molecule has 2 N–H and O–H groups in total. The first kappa shape index (κ1) is 13.8. The third-order valence-corrected chi connectivity index (χ3v) is 3.69. The molecule has 1 aliphatic carbocycles. The zero-order valence-electron chi connectivity index (χ0n) is 10.8. The quantitative estimate of drug-likeness (QED) is 0.670. The second-order valence-electron chi connectivity index (χ2n) is 5.14. The van der Waals surface area contributed by atoms with Gasteiger partial charge in [0.1, 0.15) is 0 Å². The highest BCUT2D eigenvalue weighted by Gasteiger charge is 2.29. The van der Waals surface area contributed by atoms with Crippen LogP contribution in [-0.4, -0.2) is 49.1 Å². The second kappa shape index (κ2) is 7.07. The molecule has 2 unspecified atom stereocenters. The van der Waals surface area contributed by atoms with Gasteiger partial charge in [0.2, 0.25) is 0 Å². The third kappa shape index (κ3) is 4.23. The van der Waals surface area contributed by atoms with Gasteiger partial charge in [0.05, 0.1) is 18.8 Å². The Morgan fingerprint density at radius 1 is 1.28 bits per heavy atom. The molecule has 1 saturated heterocycles. The molecule has 2 aliphatic rings. The molecule has 104 valence electrons. The van der Waals surface area contributed by atoms with Gasteiger partial charge in [-0.1, -0.05) is 12.8 Å². The summed E-state index contributed by atoms with van der Waals surface area (Å²) in [7, 11) is 0. The molecule has 0 aromatic carbocycles. The molecule has 0 amide bonds. The van der Waals surface area contributed by atoms with Crippen LogP contribution in [0, 0.1) is 0 Å². The molecule has 18 heavy (non-hydrogen) atoms. The number of nitrogens with one attached hydrogen (secondary N) is 1. The predicted octanol–water partition coefficient (Wildman–Crippen LogP) is 1.17. The van der Waals surface area contributed by atoms with E-state index in [0.29, 0.717) is 12.5 Å². The smallest absolute Gasteiger partial charge is 0.332 e. The summed E-state index contributed by atoms with van der Waals surface area (Å²) >= 11 is 0. The zero-order valence-corrected chi connectivity index (χ0v) is 10.8. The third-order valence-electron chi connectivity index (χ3n) is 3.69. The minimum absolute atomic E-state index is 0.0394. The van der Waals surface area contributed by atoms with Crippen LogP contribution in [-0.2, 0) is 14.3 Å². The number of hydrogen-bond acceptors (Lipinski definition) is 4. The van der Waals surface area contributed by atoms with E-state index in [1.54, 1.807) is 0 Å². The summed E-state index contributed by atoms with van der Waals surface area (Å²) in [5, 5.41) is 12.1. The number of hydrogen-bond donors (Lipinski definition) is 2. The molecule has 0 aromatic heterocycles. The normalized spacial score (nSPS) is 28.9. The van der Waals surface area contributed by atoms with E-state index in [1.807, 2.05) is 0 Å². The molecule has 1 aliphatic heterocycles. The topological polar surface area (TPSA) is 67.8 Å². The van der Waals surface area contributed by atoms with Gasteiger partial charge in [-0.15, -0.1) is 0 Å². The Bertz CT molecular complexity index is 266. The van der Waals surface area contributed by atoms with Gasteiger partial charge in [0.15, 0.2) is 6.10 Å². The van der Waals surface area contributed by atoms with Crippen molar-refractivity contribution >= 4 is 5.97 Å². The highest BCUT2D eigenvalue weighted by molar-refractivity contribution is 5.72. The molecule has 0 aromatic rings. The number of aliphatic carboxylic acids is 1. The molecule has 0 spiro atoms. The Labute approximate surface area is 108 Å². The lowest BCUT2D eigenvalue weighted by atomic mass is 10.2. The average Bonchev–Trinajstić information content (AvgIpc) is 2.98. The van der Waals surface area contributed by atoms with Crippen molar-refractivity contribution in [2.45, 2.75) is 56.8 Å². The molecular formula is C13H23NO4. The van der Waals surface area contributed by atoms with Gasteiger partial charge >= 0.3 is 5.97 Å². The summed E-state index contributed by atoms with van der Waals surface area (Å²) in [6, 6.07) is 0. The molecule has 5 nitrogen and oxygen atoms in total. The number of rotatable bonds is 7. The van der Waals surface area contributed by atoms with Gasteiger partial charge < -0.3 is 19.9 Å². The van der Waals surface area contributed by atoms with Gasteiger partial charge in [-0.3, -0.25) is 0 Å². The lowest BCUT2D eigenvalue weighted by molar-refractivity contribution is -0.149. The molecule has 1 heterocycles. The molecular weight excluding hydrogens is 234 g/mol. The van der Waals surface area contributed by atoms with E-state index in [0.717, 1.165) is 26.1 Å². The van der Waals surface area contributed by atoms with Gasteiger partial charge in [-0.25, -0.2) is 4.79 Å². The molecule has 2 atom stereocenters. The summed E-state index contributed by atoms with van der Waals surface area (Å²) in [6.07, 6.45) is 6.34. The highest BCUT2D eigenvalue weighted by Crippen LogP contribution is 2.21. The minimum Gasteiger partial charge on any atom is -0.479 e. The maximum atomic E-state index is 10.7. The van der Waals surface area contributed by atoms with Crippen molar-refractivity contribution in [1.82, 2.24) is 5.32 Å². The first-order chi connectivity index (χ1) is 8.75. The zero-order chi connectivity index (χ0) is 12.8. The van der Waals surface area contributed by atoms with Gasteiger partial charge in [0.25, 0.3) is 0 Å². The van der Waals surface area contributed by atoms with Gasteiger partial charge in [-0.2, -0.15) is 0 Å². The van der Waals surface area contributed by atoms with Crippen molar-refractivity contribution in [1.29, 1.82) is 0 Å². The molecule has 0 radical (unpaired) electrons. The second-order valence-corrected chi connectivity index (χ2v) is 5.14. The minimum atomic E-state index is -0.845. The first-order valence-corrected chi connectivity index (χ1v) is 6.96.